The Bertz CT molecular complexity index is 514. The van der Waals surface area contributed by atoms with Crippen LogP contribution in [0.15, 0.2) is 24.7 Å². The maximum Gasteiger partial charge on any atom is 0.207 e. The highest BCUT2D eigenvalue weighted by atomic mass is 15.2. The molecule has 4 nitrogen and oxygen atoms in total. The van der Waals surface area contributed by atoms with Crippen LogP contribution in [-0.4, -0.2) is 14.5 Å². The minimum atomic E-state index is 0.386. The van der Waals surface area contributed by atoms with E-state index in [2.05, 4.69) is 46.0 Å². The summed E-state index contributed by atoms with van der Waals surface area (Å²) in [4.78, 5) is 8.64. The predicted molar refractivity (Wildman–Crippen MR) is 69.6 cm³/mol. The topological polar surface area (TPSA) is 42.7 Å². The average Bonchev–Trinajstić information content (AvgIpc) is 2.59. The van der Waals surface area contributed by atoms with Crippen molar-refractivity contribution in [3.8, 4) is 0 Å². The zero-order valence-corrected chi connectivity index (χ0v) is 10.7. The molecule has 2 aromatic rings. The van der Waals surface area contributed by atoms with Gasteiger partial charge < -0.3 is 9.88 Å². The quantitative estimate of drug-likeness (QED) is 0.880. The highest BCUT2D eigenvalue weighted by Gasteiger charge is 2.08. The van der Waals surface area contributed by atoms with Gasteiger partial charge in [0.15, 0.2) is 0 Å². The van der Waals surface area contributed by atoms with E-state index in [9.17, 15) is 0 Å². The zero-order valence-electron chi connectivity index (χ0n) is 10.7. The van der Waals surface area contributed by atoms with E-state index in [-0.39, 0.29) is 0 Å². The summed E-state index contributed by atoms with van der Waals surface area (Å²) >= 11 is 0. The third-order valence-electron chi connectivity index (χ3n) is 2.54. The molecular formula is C13H18N4. The lowest BCUT2D eigenvalue weighted by molar-refractivity contribution is 0.607. The number of rotatable bonds is 3. The molecule has 4 heteroatoms. The van der Waals surface area contributed by atoms with Gasteiger partial charge in [-0.2, -0.15) is 0 Å². The van der Waals surface area contributed by atoms with Crippen LogP contribution in [0.4, 0.5) is 11.6 Å². The van der Waals surface area contributed by atoms with Crippen LogP contribution in [0.25, 0.3) is 0 Å². The van der Waals surface area contributed by atoms with Crippen molar-refractivity contribution in [2.24, 2.45) is 0 Å². The summed E-state index contributed by atoms with van der Waals surface area (Å²) in [5.41, 5.74) is 3.12. The number of aryl methyl sites for hydroxylation is 2. The van der Waals surface area contributed by atoms with Crippen LogP contribution in [-0.2, 0) is 0 Å². The summed E-state index contributed by atoms with van der Waals surface area (Å²) < 4.78 is 2.12. The standard InChI is InChI=1S/C13H18N4/c1-9(2)17-8-11(4)15-13(17)16-12-5-10(3)6-14-7-12/h5-9H,1-4H3,(H,15,16). The molecule has 0 spiro atoms. The molecule has 0 unspecified atom stereocenters. The Morgan fingerprint density at radius 1 is 1.24 bits per heavy atom. The van der Waals surface area contributed by atoms with Gasteiger partial charge in [0.1, 0.15) is 0 Å². The highest BCUT2D eigenvalue weighted by Crippen LogP contribution is 2.19. The molecule has 0 atom stereocenters. The Balaban J connectivity index is 2.29. The van der Waals surface area contributed by atoms with Crippen molar-refractivity contribution in [3.63, 3.8) is 0 Å². The largest absolute Gasteiger partial charge is 0.324 e. The number of nitrogens with zero attached hydrogens (tertiary/aromatic N) is 3. The normalized spacial score (nSPS) is 10.9. The second kappa shape index (κ2) is 4.57. The summed E-state index contributed by atoms with van der Waals surface area (Å²) in [5.74, 6) is 0.866. The van der Waals surface area contributed by atoms with Crippen molar-refractivity contribution in [3.05, 3.63) is 35.9 Å². The number of imidazole rings is 1. The molecule has 2 rings (SSSR count). The van der Waals surface area contributed by atoms with Crippen LogP contribution in [0.1, 0.15) is 31.1 Å². The molecule has 0 saturated carbocycles. The SMILES string of the molecule is Cc1cncc(Nc2nc(C)cn2C(C)C)c1. The van der Waals surface area contributed by atoms with E-state index in [1.54, 1.807) is 0 Å². The van der Waals surface area contributed by atoms with Gasteiger partial charge in [-0.05, 0) is 39.3 Å². The molecular weight excluding hydrogens is 212 g/mol. The molecule has 0 aliphatic heterocycles. The van der Waals surface area contributed by atoms with Crippen LogP contribution < -0.4 is 5.32 Å². The first-order chi connectivity index (χ1) is 8.06. The minimum absolute atomic E-state index is 0.386. The van der Waals surface area contributed by atoms with Gasteiger partial charge in [0, 0.05) is 18.4 Å². The van der Waals surface area contributed by atoms with E-state index in [0.717, 1.165) is 22.9 Å². The summed E-state index contributed by atoms with van der Waals surface area (Å²) in [6, 6.07) is 2.44. The summed E-state index contributed by atoms with van der Waals surface area (Å²) in [5, 5.41) is 3.30. The summed E-state index contributed by atoms with van der Waals surface area (Å²) in [6.45, 7) is 8.30. The Hall–Kier alpha value is -1.84. The number of anilines is 2. The molecule has 0 amide bonds. The lowest BCUT2D eigenvalue weighted by atomic mass is 10.3. The van der Waals surface area contributed by atoms with Crippen LogP contribution in [0.3, 0.4) is 0 Å². The third-order valence-corrected chi connectivity index (χ3v) is 2.54. The van der Waals surface area contributed by atoms with Crippen molar-refractivity contribution >= 4 is 11.6 Å². The van der Waals surface area contributed by atoms with Gasteiger partial charge in [-0.3, -0.25) is 4.98 Å². The van der Waals surface area contributed by atoms with Crippen LogP contribution in [0, 0.1) is 13.8 Å². The Morgan fingerprint density at radius 3 is 2.65 bits per heavy atom. The van der Waals surface area contributed by atoms with Gasteiger partial charge in [-0.25, -0.2) is 4.98 Å². The van der Waals surface area contributed by atoms with Crippen LogP contribution >= 0.6 is 0 Å². The van der Waals surface area contributed by atoms with Gasteiger partial charge in [0.25, 0.3) is 0 Å². The first-order valence-electron chi connectivity index (χ1n) is 5.80. The fraction of sp³-hybridized carbons (Fsp3) is 0.385. The number of hydrogen-bond donors (Lipinski definition) is 1. The Kier molecular flexibility index (Phi) is 3.13. The van der Waals surface area contributed by atoms with E-state index in [1.165, 1.54) is 0 Å². The molecule has 0 fully saturated rings. The minimum Gasteiger partial charge on any atom is -0.324 e. The van der Waals surface area contributed by atoms with Gasteiger partial charge in [0.05, 0.1) is 17.6 Å². The molecule has 0 aliphatic rings. The smallest absolute Gasteiger partial charge is 0.207 e. The predicted octanol–water partition coefficient (Wildman–Crippen LogP) is 3.22. The molecule has 0 saturated heterocycles. The maximum absolute atomic E-state index is 4.48. The van der Waals surface area contributed by atoms with Crippen molar-refractivity contribution < 1.29 is 0 Å². The Morgan fingerprint density at radius 2 is 2.00 bits per heavy atom. The fourth-order valence-electron chi connectivity index (χ4n) is 1.75. The lowest BCUT2D eigenvalue weighted by Crippen LogP contribution is -2.05. The van der Waals surface area contributed by atoms with E-state index >= 15 is 0 Å². The number of nitrogens with one attached hydrogen (secondary N) is 1. The third kappa shape index (κ3) is 2.64. The molecule has 2 aromatic heterocycles. The number of pyridine rings is 1. The van der Waals surface area contributed by atoms with E-state index in [0.29, 0.717) is 6.04 Å². The fourth-order valence-corrected chi connectivity index (χ4v) is 1.75. The maximum atomic E-state index is 4.48. The average molecular weight is 230 g/mol. The molecule has 0 radical (unpaired) electrons. The molecule has 0 aromatic carbocycles. The van der Waals surface area contributed by atoms with Gasteiger partial charge in [-0.1, -0.05) is 0 Å². The first-order valence-corrected chi connectivity index (χ1v) is 5.80. The molecule has 1 N–H and O–H groups in total. The van der Waals surface area contributed by atoms with Crippen molar-refractivity contribution in [1.29, 1.82) is 0 Å². The van der Waals surface area contributed by atoms with E-state index in [1.807, 2.05) is 26.2 Å². The van der Waals surface area contributed by atoms with E-state index in [4.69, 9.17) is 0 Å². The Labute approximate surface area is 102 Å². The van der Waals surface area contributed by atoms with Gasteiger partial charge >= 0.3 is 0 Å². The van der Waals surface area contributed by atoms with Gasteiger partial charge in [-0.15, -0.1) is 0 Å². The van der Waals surface area contributed by atoms with Crippen LogP contribution in [0.2, 0.25) is 0 Å². The monoisotopic (exact) mass is 230 g/mol. The van der Waals surface area contributed by atoms with Gasteiger partial charge in [0.2, 0.25) is 5.95 Å². The van der Waals surface area contributed by atoms with Crippen LogP contribution in [0.5, 0.6) is 0 Å². The highest BCUT2D eigenvalue weighted by molar-refractivity contribution is 5.53. The van der Waals surface area contributed by atoms with Crippen molar-refractivity contribution in [1.82, 2.24) is 14.5 Å². The molecule has 0 bridgehead atoms. The second-order valence-corrected chi connectivity index (χ2v) is 4.58. The second-order valence-electron chi connectivity index (χ2n) is 4.58. The van der Waals surface area contributed by atoms with Crippen molar-refractivity contribution in [2.45, 2.75) is 33.7 Å². The first kappa shape index (κ1) is 11.6. The lowest BCUT2D eigenvalue weighted by Gasteiger charge is -2.12. The molecule has 0 aliphatic carbocycles. The zero-order chi connectivity index (χ0) is 12.4. The van der Waals surface area contributed by atoms with Crippen molar-refractivity contribution in [2.75, 3.05) is 5.32 Å². The molecule has 2 heterocycles. The number of hydrogen-bond acceptors (Lipinski definition) is 3. The molecule has 90 valence electrons. The number of aromatic nitrogens is 3. The van der Waals surface area contributed by atoms with E-state index < -0.39 is 0 Å². The molecule has 17 heavy (non-hydrogen) atoms. The summed E-state index contributed by atoms with van der Waals surface area (Å²) in [7, 11) is 0. The summed E-state index contributed by atoms with van der Waals surface area (Å²) in [6.07, 6.45) is 5.70.